The standard InChI is InChI=1S/C22H25NO4/c1-22(2,15-27-13-12-26-3)18-9-8-16(14-21(18)25)23-11-10-20(24)17-6-4-5-7-19(17)23/h4-11,14,25H,12-13,15H2,1-3H3. The van der Waals surface area contributed by atoms with E-state index in [1.54, 1.807) is 25.4 Å². The van der Waals surface area contributed by atoms with Gasteiger partial charge in [-0.25, -0.2) is 0 Å². The van der Waals surface area contributed by atoms with Crippen LogP contribution in [0.25, 0.3) is 16.6 Å². The highest BCUT2D eigenvalue weighted by molar-refractivity contribution is 5.80. The van der Waals surface area contributed by atoms with Gasteiger partial charge in [0, 0.05) is 47.5 Å². The second kappa shape index (κ2) is 7.94. The topological polar surface area (TPSA) is 60.7 Å². The van der Waals surface area contributed by atoms with Crippen molar-refractivity contribution in [2.45, 2.75) is 19.3 Å². The molecule has 0 unspecified atom stereocenters. The normalized spacial score (nSPS) is 11.8. The van der Waals surface area contributed by atoms with Gasteiger partial charge in [0.15, 0.2) is 5.43 Å². The monoisotopic (exact) mass is 367 g/mol. The molecule has 0 radical (unpaired) electrons. The molecule has 0 saturated heterocycles. The lowest BCUT2D eigenvalue weighted by Gasteiger charge is -2.26. The molecule has 2 aromatic carbocycles. The Bertz CT molecular complexity index is 991. The Morgan fingerprint density at radius 2 is 1.85 bits per heavy atom. The molecule has 1 N–H and O–H groups in total. The van der Waals surface area contributed by atoms with Crippen LogP contribution in [0.4, 0.5) is 0 Å². The molecule has 142 valence electrons. The van der Waals surface area contributed by atoms with Gasteiger partial charge < -0.3 is 19.1 Å². The van der Waals surface area contributed by atoms with Crippen LogP contribution in [0.1, 0.15) is 19.4 Å². The second-order valence-corrected chi connectivity index (χ2v) is 7.20. The van der Waals surface area contributed by atoms with Crippen molar-refractivity contribution in [1.82, 2.24) is 4.57 Å². The third-order valence-corrected chi connectivity index (χ3v) is 4.69. The first-order valence-corrected chi connectivity index (χ1v) is 8.95. The highest BCUT2D eigenvalue weighted by Gasteiger charge is 2.24. The number of aromatic nitrogens is 1. The minimum atomic E-state index is -0.345. The van der Waals surface area contributed by atoms with Crippen molar-refractivity contribution in [3.63, 3.8) is 0 Å². The molecule has 0 atom stereocenters. The Balaban J connectivity index is 1.94. The zero-order valence-electron chi connectivity index (χ0n) is 15.9. The molecule has 0 aliphatic carbocycles. The highest BCUT2D eigenvalue weighted by Crippen LogP contribution is 2.33. The van der Waals surface area contributed by atoms with E-state index in [9.17, 15) is 9.90 Å². The van der Waals surface area contributed by atoms with E-state index in [1.807, 2.05) is 54.8 Å². The summed E-state index contributed by atoms with van der Waals surface area (Å²) in [7, 11) is 1.64. The Kier molecular flexibility index (Phi) is 5.63. The van der Waals surface area contributed by atoms with Crippen molar-refractivity contribution < 1.29 is 14.6 Å². The number of para-hydroxylation sites is 1. The lowest BCUT2D eigenvalue weighted by atomic mass is 9.84. The number of hydrogen-bond donors (Lipinski definition) is 1. The quantitative estimate of drug-likeness (QED) is 0.648. The lowest BCUT2D eigenvalue weighted by molar-refractivity contribution is 0.0480. The first-order valence-electron chi connectivity index (χ1n) is 8.95. The van der Waals surface area contributed by atoms with Crippen LogP contribution in [-0.4, -0.2) is 36.6 Å². The molecule has 27 heavy (non-hydrogen) atoms. The van der Waals surface area contributed by atoms with E-state index in [0.717, 1.165) is 16.8 Å². The number of nitrogens with zero attached hydrogens (tertiary/aromatic N) is 1. The van der Waals surface area contributed by atoms with E-state index in [1.165, 1.54) is 0 Å². The van der Waals surface area contributed by atoms with Crippen LogP contribution in [0.5, 0.6) is 5.75 Å². The van der Waals surface area contributed by atoms with E-state index in [4.69, 9.17) is 9.47 Å². The number of benzene rings is 2. The Morgan fingerprint density at radius 1 is 1.07 bits per heavy atom. The summed E-state index contributed by atoms with van der Waals surface area (Å²) in [6.07, 6.45) is 1.73. The molecule has 0 fully saturated rings. The predicted octanol–water partition coefficient (Wildman–Crippen LogP) is 3.64. The predicted molar refractivity (Wildman–Crippen MR) is 107 cm³/mol. The molecule has 0 aliphatic rings. The molecule has 3 rings (SSSR count). The van der Waals surface area contributed by atoms with Crippen LogP contribution in [0, 0.1) is 0 Å². The number of phenols is 1. The van der Waals surface area contributed by atoms with Crippen LogP contribution in [0.3, 0.4) is 0 Å². The molecular formula is C22H25NO4. The van der Waals surface area contributed by atoms with Gasteiger partial charge in [-0.2, -0.15) is 0 Å². The van der Waals surface area contributed by atoms with E-state index >= 15 is 0 Å². The van der Waals surface area contributed by atoms with Gasteiger partial charge in [-0.15, -0.1) is 0 Å². The molecule has 1 heterocycles. The third-order valence-electron chi connectivity index (χ3n) is 4.69. The van der Waals surface area contributed by atoms with Crippen molar-refractivity contribution in [3.05, 3.63) is 70.5 Å². The minimum absolute atomic E-state index is 0.0166. The lowest BCUT2D eigenvalue weighted by Crippen LogP contribution is -2.25. The molecule has 0 saturated carbocycles. The number of methoxy groups -OCH3 is 1. The summed E-state index contributed by atoms with van der Waals surface area (Å²) < 4.78 is 12.6. The molecule has 3 aromatic rings. The SMILES string of the molecule is COCCOCC(C)(C)c1ccc(-n2ccc(=O)c3ccccc32)cc1O. The number of aromatic hydroxyl groups is 1. The van der Waals surface area contributed by atoms with Crippen LogP contribution >= 0.6 is 0 Å². The molecule has 5 nitrogen and oxygen atoms in total. The minimum Gasteiger partial charge on any atom is -0.508 e. The largest absolute Gasteiger partial charge is 0.508 e. The maximum Gasteiger partial charge on any atom is 0.189 e. The van der Waals surface area contributed by atoms with Crippen LogP contribution in [0.15, 0.2) is 59.5 Å². The van der Waals surface area contributed by atoms with Gasteiger partial charge in [0.25, 0.3) is 0 Å². The van der Waals surface area contributed by atoms with Crippen LogP contribution in [-0.2, 0) is 14.9 Å². The second-order valence-electron chi connectivity index (χ2n) is 7.20. The third kappa shape index (κ3) is 4.04. The van der Waals surface area contributed by atoms with Crippen molar-refractivity contribution >= 4 is 10.9 Å². The van der Waals surface area contributed by atoms with Gasteiger partial charge in [0.05, 0.1) is 25.3 Å². The van der Waals surface area contributed by atoms with Gasteiger partial charge >= 0.3 is 0 Å². The summed E-state index contributed by atoms with van der Waals surface area (Å²) in [5.74, 6) is 0.204. The Hall–Kier alpha value is -2.63. The maximum absolute atomic E-state index is 12.1. The van der Waals surface area contributed by atoms with Crippen LogP contribution < -0.4 is 5.43 Å². The Labute approximate surface area is 158 Å². The molecule has 0 bridgehead atoms. The molecule has 0 amide bonds. The molecular weight excluding hydrogens is 342 g/mol. The summed E-state index contributed by atoms with van der Waals surface area (Å²) in [5.41, 5.74) is 2.05. The average molecular weight is 367 g/mol. The van der Waals surface area contributed by atoms with Gasteiger partial charge in [0.1, 0.15) is 5.75 Å². The van der Waals surface area contributed by atoms with Gasteiger partial charge in [0.2, 0.25) is 0 Å². The zero-order chi connectivity index (χ0) is 19.4. The first kappa shape index (κ1) is 19.1. The molecule has 0 spiro atoms. The van der Waals surface area contributed by atoms with Crippen molar-refractivity contribution in [2.24, 2.45) is 0 Å². The number of fused-ring (bicyclic) bond motifs is 1. The van der Waals surface area contributed by atoms with E-state index in [2.05, 4.69) is 0 Å². The summed E-state index contributed by atoms with van der Waals surface area (Å²) >= 11 is 0. The fourth-order valence-electron chi connectivity index (χ4n) is 3.22. The van der Waals surface area contributed by atoms with E-state index < -0.39 is 0 Å². The summed E-state index contributed by atoms with van der Waals surface area (Å²) in [6, 6.07) is 14.6. The number of ether oxygens (including phenoxy) is 2. The molecule has 5 heteroatoms. The van der Waals surface area contributed by atoms with Gasteiger partial charge in [-0.05, 0) is 18.2 Å². The fourth-order valence-corrected chi connectivity index (χ4v) is 3.22. The zero-order valence-corrected chi connectivity index (χ0v) is 15.9. The van der Waals surface area contributed by atoms with Crippen molar-refractivity contribution in [2.75, 3.05) is 26.9 Å². The average Bonchev–Trinajstić information content (AvgIpc) is 2.65. The van der Waals surface area contributed by atoms with Crippen molar-refractivity contribution in [3.8, 4) is 11.4 Å². The van der Waals surface area contributed by atoms with E-state index in [0.29, 0.717) is 25.2 Å². The summed E-state index contributed by atoms with van der Waals surface area (Å²) in [5, 5.41) is 11.3. The smallest absolute Gasteiger partial charge is 0.189 e. The van der Waals surface area contributed by atoms with E-state index in [-0.39, 0.29) is 16.6 Å². The highest BCUT2D eigenvalue weighted by atomic mass is 16.5. The summed E-state index contributed by atoms with van der Waals surface area (Å²) in [6.45, 7) is 5.60. The first-order chi connectivity index (χ1) is 12.9. The van der Waals surface area contributed by atoms with Crippen molar-refractivity contribution in [1.29, 1.82) is 0 Å². The number of rotatable bonds is 7. The Morgan fingerprint density at radius 3 is 2.59 bits per heavy atom. The van der Waals surface area contributed by atoms with Gasteiger partial charge in [-0.3, -0.25) is 4.79 Å². The molecule has 1 aromatic heterocycles. The number of phenolic OH excluding ortho intramolecular Hbond substituents is 1. The fraction of sp³-hybridized carbons (Fsp3) is 0.318. The maximum atomic E-state index is 12.1. The number of hydrogen-bond acceptors (Lipinski definition) is 4. The summed E-state index contributed by atoms with van der Waals surface area (Å²) in [4.78, 5) is 12.1. The molecule has 0 aliphatic heterocycles. The van der Waals surface area contributed by atoms with Gasteiger partial charge in [-0.1, -0.05) is 32.0 Å². The van der Waals surface area contributed by atoms with Crippen LogP contribution in [0.2, 0.25) is 0 Å². The number of pyridine rings is 1.